The number of nitrogens with one attached hydrogen (secondary N) is 2. The van der Waals surface area contributed by atoms with Crippen LogP contribution >= 0.6 is 11.6 Å². The molecule has 0 spiro atoms. The predicted molar refractivity (Wildman–Crippen MR) is 104 cm³/mol. The van der Waals surface area contributed by atoms with E-state index >= 15 is 0 Å². The van der Waals surface area contributed by atoms with Crippen molar-refractivity contribution in [2.75, 3.05) is 13.7 Å². The molecule has 2 aromatic carbocycles. The second kappa shape index (κ2) is 9.83. The summed E-state index contributed by atoms with van der Waals surface area (Å²) in [5.41, 5.74) is 2.61. The number of carbonyl (C=O) groups excluding carboxylic acids is 1. The highest BCUT2D eigenvalue weighted by Crippen LogP contribution is 2.31. The number of carboxylic acids is 1. The Morgan fingerprint density at radius 1 is 1.19 bits per heavy atom. The van der Waals surface area contributed by atoms with Gasteiger partial charge in [-0.15, -0.1) is 0 Å². The van der Waals surface area contributed by atoms with Crippen LogP contribution in [0.4, 0.5) is 4.79 Å². The minimum Gasteiger partial charge on any atom is -0.497 e. The molecule has 0 bridgehead atoms. The van der Waals surface area contributed by atoms with Gasteiger partial charge in [0.05, 0.1) is 13.2 Å². The number of benzene rings is 2. The summed E-state index contributed by atoms with van der Waals surface area (Å²) in [5.74, 6) is -0.160. The molecule has 7 heteroatoms. The molecule has 0 fully saturated rings. The lowest BCUT2D eigenvalue weighted by Gasteiger charge is -2.23. The van der Waals surface area contributed by atoms with Crippen molar-refractivity contribution in [3.63, 3.8) is 0 Å². The van der Waals surface area contributed by atoms with E-state index in [2.05, 4.69) is 10.6 Å². The van der Waals surface area contributed by atoms with Crippen molar-refractivity contribution >= 4 is 23.6 Å². The lowest BCUT2D eigenvalue weighted by Crippen LogP contribution is -2.39. The average Bonchev–Trinajstić information content (AvgIpc) is 2.64. The summed E-state index contributed by atoms with van der Waals surface area (Å²) in [4.78, 5) is 22.9. The topological polar surface area (TPSA) is 87.7 Å². The predicted octanol–water partition coefficient (Wildman–Crippen LogP) is 3.91. The van der Waals surface area contributed by atoms with Crippen molar-refractivity contribution in [3.8, 4) is 5.75 Å². The molecule has 2 aromatic rings. The Labute approximate surface area is 163 Å². The number of ether oxygens (including phenoxy) is 1. The summed E-state index contributed by atoms with van der Waals surface area (Å²) >= 11 is 6.36. The molecule has 0 aliphatic heterocycles. The van der Waals surface area contributed by atoms with Gasteiger partial charge in [-0.2, -0.15) is 0 Å². The van der Waals surface area contributed by atoms with Gasteiger partial charge < -0.3 is 20.5 Å². The first-order valence-electron chi connectivity index (χ1n) is 8.57. The minimum atomic E-state index is -0.889. The van der Waals surface area contributed by atoms with Gasteiger partial charge in [0.1, 0.15) is 5.75 Å². The second-order valence-electron chi connectivity index (χ2n) is 6.07. The molecule has 3 N–H and O–H groups in total. The van der Waals surface area contributed by atoms with Gasteiger partial charge in [0.15, 0.2) is 0 Å². The molecule has 2 rings (SSSR count). The zero-order valence-corrected chi connectivity index (χ0v) is 16.0. The molecule has 0 heterocycles. The molecule has 27 heavy (non-hydrogen) atoms. The van der Waals surface area contributed by atoms with E-state index in [4.69, 9.17) is 21.4 Å². The van der Waals surface area contributed by atoms with Gasteiger partial charge in [0.25, 0.3) is 0 Å². The second-order valence-corrected chi connectivity index (χ2v) is 6.48. The van der Waals surface area contributed by atoms with E-state index < -0.39 is 12.0 Å². The largest absolute Gasteiger partial charge is 0.497 e. The third-order valence-corrected chi connectivity index (χ3v) is 4.48. The highest BCUT2D eigenvalue weighted by atomic mass is 35.5. The number of halogens is 1. The molecule has 2 amide bonds. The number of aryl methyl sites for hydroxylation is 1. The first kappa shape index (κ1) is 20.6. The van der Waals surface area contributed by atoms with Crippen LogP contribution in [0.3, 0.4) is 0 Å². The summed E-state index contributed by atoms with van der Waals surface area (Å²) in [7, 11) is 1.60. The summed E-state index contributed by atoms with van der Waals surface area (Å²) in [6, 6.07) is 12.1. The van der Waals surface area contributed by atoms with E-state index in [1.54, 1.807) is 13.2 Å². The van der Waals surface area contributed by atoms with E-state index in [1.807, 2.05) is 43.3 Å². The maximum absolute atomic E-state index is 12.4. The molecule has 1 atom stereocenters. The van der Waals surface area contributed by atoms with E-state index in [9.17, 15) is 9.59 Å². The van der Waals surface area contributed by atoms with Crippen LogP contribution in [0, 0.1) is 6.92 Å². The number of rotatable bonds is 8. The molecule has 0 radical (unpaired) electrons. The van der Waals surface area contributed by atoms with E-state index in [1.165, 1.54) is 0 Å². The Hall–Kier alpha value is -2.73. The maximum atomic E-state index is 12.4. The molecule has 0 saturated heterocycles. The number of methoxy groups -OCH3 is 1. The molecular formula is C20H23ClN2O4. The van der Waals surface area contributed by atoms with Crippen LogP contribution in [0.15, 0.2) is 42.5 Å². The Kier molecular flexibility index (Phi) is 7.49. The van der Waals surface area contributed by atoms with Crippen LogP contribution in [0.1, 0.15) is 35.6 Å². The Morgan fingerprint density at radius 3 is 2.56 bits per heavy atom. The van der Waals surface area contributed by atoms with Crippen molar-refractivity contribution in [1.29, 1.82) is 0 Å². The van der Waals surface area contributed by atoms with Gasteiger partial charge >= 0.3 is 12.0 Å². The average molecular weight is 391 g/mol. The van der Waals surface area contributed by atoms with E-state index in [0.717, 1.165) is 22.4 Å². The van der Waals surface area contributed by atoms with Crippen molar-refractivity contribution in [1.82, 2.24) is 10.6 Å². The first-order chi connectivity index (χ1) is 12.9. The SMILES string of the molecule is COc1ccc(C(NC(=O)NCCCC(=O)O)c2ccccc2Cl)c(C)c1. The van der Waals surface area contributed by atoms with Crippen LogP contribution < -0.4 is 15.4 Å². The third-order valence-electron chi connectivity index (χ3n) is 4.13. The molecule has 6 nitrogen and oxygen atoms in total. The van der Waals surface area contributed by atoms with Crippen LogP contribution in [0.5, 0.6) is 5.75 Å². The molecule has 0 aliphatic rings. The highest BCUT2D eigenvalue weighted by Gasteiger charge is 2.21. The van der Waals surface area contributed by atoms with Gasteiger partial charge in [-0.25, -0.2) is 4.79 Å². The fourth-order valence-electron chi connectivity index (χ4n) is 2.75. The van der Waals surface area contributed by atoms with E-state index in [-0.39, 0.29) is 19.0 Å². The number of carboxylic acid groups (broad SMARTS) is 1. The van der Waals surface area contributed by atoms with Gasteiger partial charge in [-0.3, -0.25) is 4.79 Å². The highest BCUT2D eigenvalue weighted by molar-refractivity contribution is 6.31. The zero-order chi connectivity index (χ0) is 19.8. The van der Waals surface area contributed by atoms with Crippen LogP contribution in [0.2, 0.25) is 5.02 Å². The lowest BCUT2D eigenvalue weighted by molar-refractivity contribution is -0.137. The quantitative estimate of drug-likeness (QED) is 0.596. The Balaban J connectivity index is 2.22. The number of carbonyl (C=O) groups is 2. The molecule has 0 aromatic heterocycles. The maximum Gasteiger partial charge on any atom is 0.315 e. The lowest BCUT2D eigenvalue weighted by atomic mass is 9.94. The molecule has 0 aliphatic carbocycles. The number of hydrogen-bond acceptors (Lipinski definition) is 3. The smallest absolute Gasteiger partial charge is 0.315 e. The standard InChI is InChI=1S/C20H23ClN2O4/c1-13-12-14(27-2)9-10-15(13)19(16-6-3-4-7-17(16)21)23-20(26)22-11-5-8-18(24)25/h3-4,6-7,9-10,12,19H,5,8,11H2,1-2H3,(H,24,25)(H2,22,23,26). The minimum absolute atomic E-state index is 0.00576. The van der Waals surface area contributed by atoms with Crippen molar-refractivity contribution in [2.24, 2.45) is 0 Å². The molecular weight excluding hydrogens is 368 g/mol. The fourth-order valence-corrected chi connectivity index (χ4v) is 3.00. The molecule has 144 valence electrons. The molecule has 0 saturated carbocycles. The summed E-state index contributed by atoms with van der Waals surface area (Å²) in [6.45, 7) is 2.21. The summed E-state index contributed by atoms with van der Waals surface area (Å²) in [6.07, 6.45) is 0.368. The zero-order valence-electron chi connectivity index (χ0n) is 15.3. The van der Waals surface area contributed by atoms with Gasteiger partial charge in [-0.1, -0.05) is 35.9 Å². The van der Waals surface area contributed by atoms with Crippen LogP contribution in [-0.4, -0.2) is 30.8 Å². The number of aliphatic carboxylic acids is 1. The Bertz CT molecular complexity index is 810. The van der Waals surface area contributed by atoms with Crippen LogP contribution in [0.25, 0.3) is 0 Å². The van der Waals surface area contributed by atoms with E-state index in [0.29, 0.717) is 11.4 Å². The number of amides is 2. The normalized spacial score (nSPS) is 11.5. The van der Waals surface area contributed by atoms with Gasteiger partial charge in [0.2, 0.25) is 0 Å². The third kappa shape index (κ3) is 5.89. The fraction of sp³-hybridized carbons (Fsp3) is 0.300. The monoisotopic (exact) mass is 390 g/mol. The molecule has 1 unspecified atom stereocenters. The first-order valence-corrected chi connectivity index (χ1v) is 8.95. The van der Waals surface area contributed by atoms with Crippen molar-refractivity contribution < 1.29 is 19.4 Å². The van der Waals surface area contributed by atoms with Crippen LogP contribution in [-0.2, 0) is 4.79 Å². The van der Waals surface area contributed by atoms with Gasteiger partial charge in [-0.05, 0) is 48.2 Å². The number of hydrogen-bond donors (Lipinski definition) is 3. The van der Waals surface area contributed by atoms with Crippen molar-refractivity contribution in [3.05, 3.63) is 64.2 Å². The summed E-state index contributed by atoms with van der Waals surface area (Å²) < 4.78 is 5.25. The van der Waals surface area contributed by atoms with Crippen molar-refractivity contribution in [2.45, 2.75) is 25.8 Å². The number of urea groups is 1. The summed E-state index contributed by atoms with van der Waals surface area (Å²) in [5, 5.41) is 14.8. The van der Waals surface area contributed by atoms with Gasteiger partial charge in [0, 0.05) is 18.0 Å². The Morgan fingerprint density at radius 2 is 1.93 bits per heavy atom.